The van der Waals surface area contributed by atoms with Crippen molar-refractivity contribution in [3.05, 3.63) is 0 Å². The molecule has 1 N–H and O–H groups in total. The van der Waals surface area contributed by atoms with E-state index in [0.717, 1.165) is 0 Å². The molecule has 0 aliphatic carbocycles. The van der Waals surface area contributed by atoms with Crippen LogP contribution in [0.3, 0.4) is 0 Å². The lowest BCUT2D eigenvalue weighted by Crippen LogP contribution is -2.17. The lowest BCUT2D eigenvalue weighted by molar-refractivity contribution is -0.140. The van der Waals surface area contributed by atoms with Crippen LogP contribution in [0.2, 0.25) is 0 Å². The highest BCUT2D eigenvalue weighted by Gasteiger charge is 2.17. The Morgan fingerprint density at radius 3 is 2.38 bits per heavy atom. The van der Waals surface area contributed by atoms with E-state index in [1.165, 1.54) is 18.9 Å². The Bertz CT molecular complexity index is 193. The van der Waals surface area contributed by atoms with Crippen molar-refractivity contribution >= 4 is 23.7 Å². The number of carboxylic acids is 1. The van der Waals surface area contributed by atoms with E-state index in [4.69, 9.17) is 5.11 Å². The number of methoxy groups -OCH3 is 1. The van der Waals surface area contributed by atoms with Gasteiger partial charge in [-0.25, -0.2) is 0 Å². The summed E-state index contributed by atoms with van der Waals surface area (Å²) < 4.78 is 4.46. The summed E-state index contributed by atoms with van der Waals surface area (Å²) in [6.45, 7) is 3.40. The standard InChI is InChI=1S/C8H14O4S/c1-5(4-7(9)12-3)13-6(2)8(10)11/h5-6H,4H2,1-3H3,(H,10,11). The minimum atomic E-state index is -0.860. The van der Waals surface area contributed by atoms with Gasteiger partial charge in [-0.05, 0) is 6.92 Å². The average Bonchev–Trinajstić information content (AvgIpc) is 2.03. The Morgan fingerprint density at radius 2 is 2.00 bits per heavy atom. The minimum absolute atomic E-state index is 0.0291. The van der Waals surface area contributed by atoms with Crippen LogP contribution in [0.25, 0.3) is 0 Å². The first-order chi connectivity index (χ1) is 5.97. The first-order valence-corrected chi connectivity index (χ1v) is 4.86. The highest BCUT2D eigenvalue weighted by molar-refractivity contribution is 8.01. The smallest absolute Gasteiger partial charge is 0.316 e. The molecular formula is C8H14O4S. The molecule has 0 spiro atoms. The lowest BCUT2D eigenvalue weighted by atomic mass is 10.3. The van der Waals surface area contributed by atoms with Gasteiger partial charge in [0.1, 0.15) is 0 Å². The van der Waals surface area contributed by atoms with Gasteiger partial charge in [0.25, 0.3) is 0 Å². The van der Waals surface area contributed by atoms with Gasteiger partial charge in [0.05, 0.1) is 18.8 Å². The molecule has 0 rings (SSSR count). The highest BCUT2D eigenvalue weighted by Crippen LogP contribution is 2.20. The average molecular weight is 206 g/mol. The van der Waals surface area contributed by atoms with E-state index >= 15 is 0 Å². The van der Waals surface area contributed by atoms with Crippen LogP contribution < -0.4 is 0 Å². The van der Waals surface area contributed by atoms with Gasteiger partial charge in [0.15, 0.2) is 0 Å². The zero-order chi connectivity index (χ0) is 10.4. The third kappa shape index (κ3) is 5.52. The number of aliphatic carboxylic acids is 1. The Balaban J connectivity index is 3.80. The van der Waals surface area contributed by atoms with E-state index in [2.05, 4.69) is 4.74 Å². The zero-order valence-electron chi connectivity index (χ0n) is 7.94. The number of carboxylic acid groups (broad SMARTS) is 1. The summed E-state index contributed by atoms with van der Waals surface area (Å²) in [5, 5.41) is 8.07. The fourth-order valence-electron chi connectivity index (χ4n) is 0.773. The molecule has 2 atom stereocenters. The molecule has 0 radical (unpaired) electrons. The molecule has 0 saturated carbocycles. The summed E-state index contributed by atoms with van der Waals surface area (Å²) in [4.78, 5) is 21.2. The molecule has 0 saturated heterocycles. The van der Waals surface area contributed by atoms with Crippen LogP contribution in [0, 0.1) is 0 Å². The van der Waals surface area contributed by atoms with Crippen LogP contribution in [0.15, 0.2) is 0 Å². The van der Waals surface area contributed by atoms with Crippen LogP contribution in [-0.4, -0.2) is 34.7 Å². The number of ether oxygens (including phenoxy) is 1. The lowest BCUT2D eigenvalue weighted by Gasteiger charge is -2.12. The Labute approximate surface area is 81.6 Å². The summed E-state index contributed by atoms with van der Waals surface area (Å²) in [7, 11) is 1.32. The molecule has 4 nitrogen and oxygen atoms in total. The molecule has 0 aromatic heterocycles. The Morgan fingerprint density at radius 1 is 1.46 bits per heavy atom. The first kappa shape index (κ1) is 12.3. The number of carbonyl (C=O) groups excluding carboxylic acids is 1. The molecule has 76 valence electrons. The maximum Gasteiger partial charge on any atom is 0.316 e. The molecule has 0 heterocycles. The molecule has 0 aliphatic heterocycles. The quantitative estimate of drug-likeness (QED) is 0.683. The minimum Gasteiger partial charge on any atom is -0.480 e. The van der Waals surface area contributed by atoms with E-state index in [0.29, 0.717) is 0 Å². The number of hydrogen-bond donors (Lipinski definition) is 1. The van der Waals surface area contributed by atoms with Crippen molar-refractivity contribution in [3.63, 3.8) is 0 Å². The Hall–Kier alpha value is -0.710. The summed E-state index contributed by atoms with van der Waals surface area (Å²) in [5.74, 6) is -1.17. The van der Waals surface area contributed by atoms with Gasteiger partial charge in [-0.1, -0.05) is 6.92 Å². The molecule has 5 heteroatoms. The van der Waals surface area contributed by atoms with Gasteiger partial charge in [-0.15, -0.1) is 11.8 Å². The predicted molar refractivity (Wildman–Crippen MR) is 50.8 cm³/mol. The van der Waals surface area contributed by atoms with E-state index in [-0.39, 0.29) is 17.6 Å². The SMILES string of the molecule is COC(=O)CC(C)SC(C)C(=O)O. The molecule has 0 aliphatic rings. The molecular weight excluding hydrogens is 192 g/mol. The maximum absolute atomic E-state index is 10.8. The fraction of sp³-hybridized carbons (Fsp3) is 0.750. The van der Waals surface area contributed by atoms with E-state index in [1.807, 2.05) is 0 Å². The van der Waals surface area contributed by atoms with Crippen molar-refractivity contribution in [3.8, 4) is 0 Å². The highest BCUT2D eigenvalue weighted by atomic mass is 32.2. The molecule has 0 amide bonds. The van der Waals surface area contributed by atoms with Crippen LogP contribution >= 0.6 is 11.8 Å². The van der Waals surface area contributed by atoms with Gasteiger partial charge >= 0.3 is 11.9 Å². The van der Waals surface area contributed by atoms with E-state index in [9.17, 15) is 9.59 Å². The van der Waals surface area contributed by atoms with Gasteiger partial charge < -0.3 is 9.84 Å². The second-order valence-corrected chi connectivity index (χ2v) is 4.49. The first-order valence-electron chi connectivity index (χ1n) is 3.92. The van der Waals surface area contributed by atoms with E-state index < -0.39 is 11.2 Å². The van der Waals surface area contributed by atoms with Gasteiger partial charge in [-0.3, -0.25) is 9.59 Å². The summed E-state index contributed by atoms with van der Waals surface area (Å²) in [5.41, 5.74) is 0. The summed E-state index contributed by atoms with van der Waals surface area (Å²) >= 11 is 1.25. The number of hydrogen-bond acceptors (Lipinski definition) is 4. The third-order valence-electron chi connectivity index (χ3n) is 1.47. The molecule has 0 bridgehead atoms. The monoisotopic (exact) mass is 206 g/mol. The van der Waals surface area contributed by atoms with Crippen molar-refractivity contribution in [2.75, 3.05) is 7.11 Å². The van der Waals surface area contributed by atoms with Crippen LogP contribution in [0.5, 0.6) is 0 Å². The largest absolute Gasteiger partial charge is 0.480 e. The third-order valence-corrected chi connectivity index (χ3v) is 2.71. The maximum atomic E-state index is 10.8. The Kier molecular flexibility index (Phi) is 5.53. The number of thioether (sulfide) groups is 1. The number of rotatable bonds is 5. The molecule has 0 fully saturated rings. The fourth-order valence-corrected chi connectivity index (χ4v) is 1.82. The predicted octanol–water partition coefficient (Wildman–Crippen LogP) is 1.14. The zero-order valence-corrected chi connectivity index (χ0v) is 8.76. The van der Waals surface area contributed by atoms with Gasteiger partial charge in [-0.2, -0.15) is 0 Å². The normalized spacial score (nSPS) is 14.7. The van der Waals surface area contributed by atoms with Crippen LogP contribution in [-0.2, 0) is 14.3 Å². The molecule has 0 aromatic rings. The topological polar surface area (TPSA) is 63.6 Å². The van der Waals surface area contributed by atoms with Crippen molar-refractivity contribution in [2.24, 2.45) is 0 Å². The number of esters is 1. The van der Waals surface area contributed by atoms with Gasteiger partial charge in [0.2, 0.25) is 0 Å². The molecule has 2 unspecified atom stereocenters. The summed E-state index contributed by atoms with van der Waals surface area (Å²) in [6, 6.07) is 0. The van der Waals surface area contributed by atoms with Crippen molar-refractivity contribution in [2.45, 2.75) is 30.8 Å². The number of carbonyl (C=O) groups is 2. The summed E-state index contributed by atoms with van der Waals surface area (Å²) in [6.07, 6.45) is 0.249. The van der Waals surface area contributed by atoms with Crippen LogP contribution in [0.1, 0.15) is 20.3 Å². The molecule has 13 heavy (non-hydrogen) atoms. The second kappa shape index (κ2) is 5.85. The van der Waals surface area contributed by atoms with E-state index in [1.54, 1.807) is 13.8 Å². The van der Waals surface area contributed by atoms with Crippen molar-refractivity contribution in [1.82, 2.24) is 0 Å². The second-order valence-electron chi connectivity index (χ2n) is 2.71. The van der Waals surface area contributed by atoms with Crippen molar-refractivity contribution < 1.29 is 19.4 Å². The van der Waals surface area contributed by atoms with Gasteiger partial charge in [0, 0.05) is 5.25 Å². The molecule has 0 aromatic carbocycles. The van der Waals surface area contributed by atoms with Crippen LogP contribution in [0.4, 0.5) is 0 Å². The van der Waals surface area contributed by atoms with Crippen molar-refractivity contribution in [1.29, 1.82) is 0 Å².